The van der Waals surface area contributed by atoms with Crippen LogP contribution in [0.1, 0.15) is 71.1 Å². The molecule has 0 aliphatic heterocycles. The van der Waals surface area contributed by atoms with Crippen LogP contribution in [0.15, 0.2) is 0 Å². The van der Waals surface area contributed by atoms with Crippen molar-refractivity contribution in [2.45, 2.75) is 80.3 Å². The van der Waals surface area contributed by atoms with Gasteiger partial charge in [0.2, 0.25) is 0 Å². The van der Waals surface area contributed by atoms with E-state index < -0.39 is 9.16 Å². The maximum atomic E-state index is 13.6. The molecule has 0 unspecified atom stereocenters. The van der Waals surface area contributed by atoms with E-state index in [0.717, 1.165) is 24.7 Å². The highest BCUT2D eigenvalue weighted by Crippen LogP contribution is 2.53. The van der Waals surface area contributed by atoms with Crippen molar-refractivity contribution in [3.63, 3.8) is 0 Å². The molecule has 0 aromatic rings. The minimum atomic E-state index is -2.79. The molecule has 0 spiro atoms. The summed E-state index contributed by atoms with van der Waals surface area (Å²) in [5.41, 5.74) is 0. The first-order valence-corrected chi connectivity index (χ1v) is 9.70. The third-order valence-corrected chi connectivity index (χ3v) is 8.17. The maximum Gasteiger partial charge on any atom is 0.316 e. The van der Waals surface area contributed by atoms with Gasteiger partial charge in [-0.3, -0.25) is 0 Å². The van der Waals surface area contributed by atoms with Gasteiger partial charge in [-0.15, -0.1) is 0 Å². The van der Waals surface area contributed by atoms with E-state index in [1.807, 2.05) is 0 Å². The van der Waals surface area contributed by atoms with Crippen LogP contribution in [0.2, 0.25) is 0 Å². The van der Waals surface area contributed by atoms with E-state index in [2.05, 4.69) is 38.8 Å². The maximum absolute atomic E-state index is 13.6. The minimum Gasteiger partial charge on any atom is -0.192 e. The molecular weight excluding hydrogens is 390 g/mol. The molecule has 0 saturated heterocycles. The molecule has 0 bridgehead atoms. The molecule has 2 rings (SSSR count). The van der Waals surface area contributed by atoms with Crippen molar-refractivity contribution in [1.82, 2.24) is 0 Å². The number of hydrogen-bond donors (Lipinski definition) is 0. The van der Waals surface area contributed by atoms with Crippen LogP contribution < -0.4 is 0 Å². The van der Waals surface area contributed by atoms with Crippen LogP contribution in [0.5, 0.6) is 0 Å². The second-order valence-corrected chi connectivity index (χ2v) is 9.38. The van der Waals surface area contributed by atoms with Crippen molar-refractivity contribution in [3.8, 4) is 0 Å². The first-order valence-electron chi connectivity index (χ1n) is 8.11. The summed E-state index contributed by atoms with van der Waals surface area (Å²) in [5.74, 6) is 2.41. The summed E-state index contributed by atoms with van der Waals surface area (Å²) in [4.78, 5) is -2.79. The second kappa shape index (κ2) is 6.93. The van der Waals surface area contributed by atoms with Gasteiger partial charge in [0.25, 0.3) is 0 Å². The molecule has 0 nitrogen and oxygen atoms in total. The fraction of sp³-hybridized carbons (Fsp3) is 1.00. The highest BCUT2D eigenvalue weighted by atomic mass is 79.9. The van der Waals surface area contributed by atoms with E-state index in [9.17, 15) is 8.78 Å². The first-order chi connectivity index (χ1) is 9.36. The van der Waals surface area contributed by atoms with Crippen LogP contribution in [-0.4, -0.2) is 9.16 Å². The third kappa shape index (κ3) is 3.97. The number of halogens is 4. The minimum absolute atomic E-state index is 0.588. The Balaban J connectivity index is 1.80. The molecule has 2 aliphatic rings. The van der Waals surface area contributed by atoms with E-state index in [4.69, 9.17) is 0 Å². The van der Waals surface area contributed by atoms with Gasteiger partial charge in [0, 0.05) is 0 Å². The van der Waals surface area contributed by atoms with Crippen molar-refractivity contribution >= 4 is 31.9 Å². The molecule has 0 amide bonds. The van der Waals surface area contributed by atoms with Gasteiger partial charge in [-0.1, -0.05) is 48.5 Å². The molecule has 0 radical (unpaired) electrons. The van der Waals surface area contributed by atoms with Gasteiger partial charge >= 0.3 is 4.83 Å². The van der Waals surface area contributed by atoms with Crippen molar-refractivity contribution < 1.29 is 8.78 Å². The zero-order valence-corrected chi connectivity index (χ0v) is 15.5. The van der Waals surface area contributed by atoms with E-state index in [-0.39, 0.29) is 0 Å². The average Bonchev–Trinajstić information content (AvgIpc) is 2.40. The second-order valence-electron chi connectivity index (χ2n) is 6.87. The Morgan fingerprint density at radius 3 is 1.95 bits per heavy atom. The Hall–Kier alpha value is 0.820. The van der Waals surface area contributed by atoms with Crippen LogP contribution in [0.25, 0.3) is 0 Å². The molecule has 2 fully saturated rings. The van der Waals surface area contributed by atoms with Gasteiger partial charge in [-0.25, -0.2) is 0 Å². The van der Waals surface area contributed by atoms with Crippen molar-refractivity contribution in [2.75, 3.05) is 0 Å². The third-order valence-electron chi connectivity index (χ3n) is 5.59. The molecule has 20 heavy (non-hydrogen) atoms. The summed E-state index contributed by atoms with van der Waals surface area (Å²) < 4.78 is 26.1. The lowest BCUT2D eigenvalue weighted by Crippen LogP contribution is -2.42. The first kappa shape index (κ1) is 17.2. The van der Waals surface area contributed by atoms with E-state index in [1.54, 1.807) is 0 Å². The Kier molecular flexibility index (Phi) is 5.96. The predicted molar refractivity (Wildman–Crippen MR) is 87.8 cm³/mol. The largest absolute Gasteiger partial charge is 0.316 e. The summed E-state index contributed by atoms with van der Waals surface area (Å²) in [6.07, 6.45) is 11.1. The SMILES string of the molecule is CCCC1CCC([C@H]2CC[C@](Br)(C(F)(F)Br)CC2)CC1. The molecule has 0 heterocycles. The van der Waals surface area contributed by atoms with E-state index in [1.165, 1.54) is 38.5 Å². The molecule has 118 valence electrons. The Morgan fingerprint density at radius 1 is 1.00 bits per heavy atom. The van der Waals surface area contributed by atoms with Crippen LogP contribution >= 0.6 is 31.9 Å². The number of rotatable bonds is 4. The standard InChI is InChI=1S/C16H26Br2F2/c1-2-3-12-4-6-13(7-5-12)14-8-10-15(17,11-9-14)16(18,19)20/h12-14H,2-11H2,1H3/t12?,13?,14-,15+. The monoisotopic (exact) mass is 414 g/mol. The van der Waals surface area contributed by atoms with E-state index >= 15 is 0 Å². The van der Waals surface area contributed by atoms with Crippen LogP contribution in [0.3, 0.4) is 0 Å². The molecular formula is C16H26Br2F2. The number of alkyl halides is 4. The average molecular weight is 416 g/mol. The summed E-state index contributed by atoms with van der Waals surface area (Å²) >= 11 is 5.86. The fourth-order valence-electron chi connectivity index (χ4n) is 4.21. The summed E-state index contributed by atoms with van der Waals surface area (Å²) in [6, 6.07) is 0. The molecule has 0 atom stereocenters. The molecule has 2 aliphatic carbocycles. The van der Waals surface area contributed by atoms with Crippen LogP contribution in [0, 0.1) is 17.8 Å². The number of hydrogen-bond acceptors (Lipinski definition) is 0. The Morgan fingerprint density at radius 2 is 1.50 bits per heavy atom. The van der Waals surface area contributed by atoms with Gasteiger partial charge < -0.3 is 0 Å². The molecule has 0 aromatic heterocycles. The predicted octanol–water partition coefficient (Wildman–Crippen LogP) is 6.90. The molecule has 4 heteroatoms. The fourth-order valence-corrected chi connectivity index (χ4v) is 5.06. The molecule has 2 saturated carbocycles. The lowest BCUT2D eigenvalue weighted by Gasteiger charge is -2.42. The van der Waals surface area contributed by atoms with Gasteiger partial charge in [0.1, 0.15) is 0 Å². The highest BCUT2D eigenvalue weighted by Gasteiger charge is 2.52. The highest BCUT2D eigenvalue weighted by molar-refractivity contribution is 9.12. The Labute approximate surface area is 138 Å². The molecule has 0 N–H and O–H groups in total. The molecule has 0 aromatic carbocycles. The quantitative estimate of drug-likeness (QED) is 0.437. The van der Waals surface area contributed by atoms with Crippen molar-refractivity contribution in [3.05, 3.63) is 0 Å². The van der Waals surface area contributed by atoms with Crippen LogP contribution in [-0.2, 0) is 0 Å². The van der Waals surface area contributed by atoms with Gasteiger partial charge in [-0.2, -0.15) is 8.78 Å². The van der Waals surface area contributed by atoms with Crippen molar-refractivity contribution in [2.24, 2.45) is 17.8 Å². The van der Waals surface area contributed by atoms with Gasteiger partial charge in [0.15, 0.2) is 0 Å². The van der Waals surface area contributed by atoms with E-state index in [0.29, 0.717) is 18.8 Å². The van der Waals surface area contributed by atoms with Gasteiger partial charge in [-0.05, 0) is 72.2 Å². The summed E-state index contributed by atoms with van der Waals surface area (Å²) in [6.45, 7) is 2.27. The summed E-state index contributed by atoms with van der Waals surface area (Å²) in [5, 5.41) is 0. The van der Waals surface area contributed by atoms with Gasteiger partial charge in [0.05, 0.1) is 4.32 Å². The topological polar surface area (TPSA) is 0 Å². The Bertz CT molecular complexity index is 298. The summed E-state index contributed by atoms with van der Waals surface area (Å²) in [7, 11) is 0. The lowest BCUT2D eigenvalue weighted by molar-refractivity contribution is 0.0341. The zero-order valence-electron chi connectivity index (χ0n) is 12.3. The zero-order chi connectivity index (χ0) is 14.8. The van der Waals surface area contributed by atoms with Crippen molar-refractivity contribution in [1.29, 1.82) is 0 Å². The van der Waals surface area contributed by atoms with Crippen LogP contribution in [0.4, 0.5) is 8.78 Å². The lowest BCUT2D eigenvalue weighted by atomic mass is 9.68. The normalized spacial score (nSPS) is 39.8. The smallest absolute Gasteiger partial charge is 0.192 e.